The van der Waals surface area contributed by atoms with E-state index in [0.717, 1.165) is 18.6 Å². The summed E-state index contributed by atoms with van der Waals surface area (Å²) in [5, 5.41) is 5.58. The molecule has 0 radical (unpaired) electrons. The van der Waals surface area contributed by atoms with Crippen molar-refractivity contribution >= 4 is 29.1 Å². The van der Waals surface area contributed by atoms with Gasteiger partial charge in [0.05, 0.1) is 11.9 Å². The molecule has 2 rings (SSSR count). The Morgan fingerprint density at radius 1 is 1.19 bits per heavy atom. The lowest BCUT2D eigenvalue weighted by molar-refractivity contribution is 0.449. The lowest BCUT2D eigenvalue weighted by Crippen LogP contribution is -2.07. The molecule has 0 aliphatic heterocycles. The fourth-order valence-corrected chi connectivity index (χ4v) is 1.67. The third-order valence-corrected chi connectivity index (χ3v) is 2.84. The Labute approximate surface area is 124 Å². The van der Waals surface area contributed by atoms with Crippen molar-refractivity contribution in [3.8, 4) is 0 Å². The summed E-state index contributed by atoms with van der Waals surface area (Å²) in [6.07, 6.45) is 2.19. The molecule has 21 heavy (non-hydrogen) atoms. The number of halogens is 4. The van der Waals surface area contributed by atoms with Crippen LogP contribution in [0.25, 0.3) is 0 Å². The average Bonchev–Trinajstić information content (AvgIpc) is 2.48. The molecule has 1 aromatic carbocycles. The normalized spacial score (nSPS) is 10.5. The number of nitrogens with zero attached hydrogens (tertiary/aromatic N) is 2. The third kappa shape index (κ3) is 3.55. The van der Waals surface area contributed by atoms with E-state index in [2.05, 4.69) is 20.6 Å². The molecule has 0 atom stereocenters. The minimum atomic E-state index is -1.56. The summed E-state index contributed by atoms with van der Waals surface area (Å²) in [5.41, 5.74) is -0.268. The van der Waals surface area contributed by atoms with Gasteiger partial charge in [-0.2, -0.15) is 4.98 Å². The summed E-state index contributed by atoms with van der Waals surface area (Å²) < 4.78 is 39.7. The molecule has 0 bridgehead atoms. The van der Waals surface area contributed by atoms with E-state index >= 15 is 0 Å². The largest absolute Gasteiger partial charge is 0.354 e. The molecule has 1 aromatic heterocycles. The standard InChI is InChI=1S/C13H12ClF3N4/c1-2-5-18-13-19-6-7(14)12(21-13)20-9-4-3-8(15)10(16)11(9)17/h3-4,6H,2,5H2,1H3,(H2,18,19,20,21). The molecule has 0 saturated heterocycles. The number of nitrogens with one attached hydrogen (secondary N) is 2. The van der Waals surface area contributed by atoms with E-state index in [0.29, 0.717) is 12.5 Å². The number of hydrogen-bond acceptors (Lipinski definition) is 4. The minimum Gasteiger partial charge on any atom is -0.354 e. The van der Waals surface area contributed by atoms with Crippen molar-refractivity contribution in [1.82, 2.24) is 9.97 Å². The summed E-state index contributed by atoms with van der Waals surface area (Å²) in [6, 6.07) is 1.87. The first-order valence-corrected chi connectivity index (χ1v) is 6.57. The molecule has 2 aromatic rings. The van der Waals surface area contributed by atoms with Crippen molar-refractivity contribution in [2.24, 2.45) is 0 Å². The summed E-state index contributed by atoms with van der Waals surface area (Å²) in [6.45, 7) is 2.62. The van der Waals surface area contributed by atoms with E-state index in [1.807, 2.05) is 6.92 Å². The molecule has 112 valence electrons. The third-order valence-electron chi connectivity index (χ3n) is 2.57. The van der Waals surface area contributed by atoms with E-state index in [9.17, 15) is 13.2 Å². The highest BCUT2D eigenvalue weighted by Gasteiger charge is 2.15. The van der Waals surface area contributed by atoms with Gasteiger partial charge in [-0.25, -0.2) is 18.2 Å². The predicted octanol–water partition coefficient (Wildman–Crippen LogP) is 4.11. The van der Waals surface area contributed by atoms with E-state index in [4.69, 9.17) is 11.6 Å². The molecule has 1 heterocycles. The molecule has 4 nitrogen and oxygen atoms in total. The zero-order valence-electron chi connectivity index (χ0n) is 11.1. The maximum atomic E-state index is 13.6. The molecular formula is C13H12ClF3N4. The Balaban J connectivity index is 2.28. The zero-order chi connectivity index (χ0) is 15.4. The highest BCUT2D eigenvalue weighted by atomic mass is 35.5. The van der Waals surface area contributed by atoms with Gasteiger partial charge < -0.3 is 10.6 Å². The summed E-state index contributed by atoms with van der Waals surface area (Å²) in [7, 11) is 0. The van der Waals surface area contributed by atoms with Gasteiger partial charge in [-0.05, 0) is 18.6 Å². The molecule has 2 N–H and O–H groups in total. The van der Waals surface area contributed by atoms with Gasteiger partial charge in [-0.1, -0.05) is 18.5 Å². The first-order valence-electron chi connectivity index (χ1n) is 6.19. The Hall–Kier alpha value is -2.02. The lowest BCUT2D eigenvalue weighted by Gasteiger charge is -2.10. The molecule has 0 fully saturated rings. The van der Waals surface area contributed by atoms with Crippen molar-refractivity contribution < 1.29 is 13.2 Å². The molecule has 0 aliphatic rings. The van der Waals surface area contributed by atoms with Gasteiger partial charge in [0.25, 0.3) is 0 Å². The van der Waals surface area contributed by atoms with Crippen LogP contribution in [0.5, 0.6) is 0 Å². The summed E-state index contributed by atoms with van der Waals surface area (Å²) >= 11 is 5.90. The van der Waals surface area contributed by atoms with Crippen molar-refractivity contribution in [3.63, 3.8) is 0 Å². The van der Waals surface area contributed by atoms with Crippen molar-refractivity contribution in [2.45, 2.75) is 13.3 Å². The van der Waals surface area contributed by atoms with Crippen LogP contribution < -0.4 is 10.6 Å². The van der Waals surface area contributed by atoms with Gasteiger partial charge >= 0.3 is 0 Å². The van der Waals surface area contributed by atoms with Crippen LogP contribution in [0.4, 0.5) is 30.6 Å². The van der Waals surface area contributed by atoms with Gasteiger partial charge in [0.1, 0.15) is 5.02 Å². The fraction of sp³-hybridized carbons (Fsp3) is 0.231. The molecule has 8 heteroatoms. The van der Waals surface area contributed by atoms with Crippen LogP contribution in [0, 0.1) is 17.5 Å². The van der Waals surface area contributed by atoms with Gasteiger partial charge in [0.15, 0.2) is 23.3 Å². The van der Waals surface area contributed by atoms with Gasteiger partial charge in [-0.15, -0.1) is 0 Å². The highest BCUT2D eigenvalue weighted by molar-refractivity contribution is 6.32. The number of rotatable bonds is 5. The van der Waals surface area contributed by atoms with Crippen molar-refractivity contribution in [3.05, 3.63) is 40.8 Å². The highest BCUT2D eigenvalue weighted by Crippen LogP contribution is 2.27. The van der Waals surface area contributed by atoms with E-state index in [1.54, 1.807) is 0 Å². The van der Waals surface area contributed by atoms with Crippen LogP contribution in [-0.2, 0) is 0 Å². The molecular weight excluding hydrogens is 305 g/mol. The second-order valence-corrected chi connectivity index (χ2v) is 4.57. The molecule has 0 unspecified atom stereocenters. The van der Waals surface area contributed by atoms with Crippen LogP contribution in [0.3, 0.4) is 0 Å². The van der Waals surface area contributed by atoms with Crippen LogP contribution in [0.2, 0.25) is 5.02 Å². The number of anilines is 3. The summed E-state index contributed by atoms with van der Waals surface area (Å²) in [5.74, 6) is -3.78. The monoisotopic (exact) mass is 316 g/mol. The number of aromatic nitrogens is 2. The second-order valence-electron chi connectivity index (χ2n) is 4.16. The maximum absolute atomic E-state index is 13.6. The smallest absolute Gasteiger partial charge is 0.224 e. The Kier molecular flexibility index (Phi) is 4.85. The zero-order valence-corrected chi connectivity index (χ0v) is 11.8. The average molecular weight is 317 g/mol. The molecule has 0 saturated carbocycles. The van der Waals surface area contributed by atoms with Gasteiger partial charge in [-0.3, -0.25) is 0 Å². The van der Waals surface area contributed by atoms with Crippen LogP contribution in [0.15, 0.2) is 18.3 Å². The van der Waals surface area contributed by atoms with Crippen LogP contribution in [0.1, 0.15) is 13.3 Å². The fourth-order valence-electron chi connectivity index (χ4n) is 1.53. The van der Waals surface area contributed by atoms with E-state index < -0.39 is 17.5 Å². The predicted molar refractivity (Wildman–Crippen MR) is 75.4 cm³/mol. The molecule has 0 aliphatic carbocycles. The minimum absolute atomic E-state index is 0.0928. The SMILES string of the molecule is CCCNc1ncc(Cl)c(Nc2ccc(F)c(F)c2F)n1. The first-order chi connectivity index (χ1) is 10.0. The molecule has 0 amide bonds. The Morgan fingerprint density at radius 3 is 2.67 bits per heavy atom. The number of benzene rings is 1. The second kappa shape index (κ2) is 6.62. The quantitative estimate of drug-likeness (QED) is 0.815. The van der Waals surface area contributed by atoms with Gasteiger partial charge in [0.2, 0.25) is 5.95 Å². The van der Waals surface area contributed by atoms with Gasteiger partial charge in [0, 0.05) is 6.54 Å². The topological polar surface area (TPSA) is 49.8 Å². The number of hydrogen-bond donors (Lipinski definition) is 2. The van der Waals surface area contributed by atoms with Crippen molar-refractivity contribution in [2.75, 3.05) is 17.2 Å². The van der Waals surface area contributed by atoms with Crippen molar-refractivity contribution in [1.29, 1.82) is 0 Å². The Bertz CT molecular complexity index is 652. The van der Waals surface area contributed by atoms with E-state index in [1.165, 1.54) is 6.20 Å². The first kappa shape index (κ1) is 15.4. The lowest BCUT2D eigenvalue weighted by atomic mass is 10.3. The van der Waals surface area contributed by atoms with E-state index in [-0.39, 0.29) is 16.5 Å². The van der Waals surface area contributed by atoms with Crippen LogP contribution in [-0.4, -0.2) is 16.5 Å². The summed E-state index contributed by atoms with van der Waals surface area (Å²) in [4.78, 5) is 8.00. The molecule has 0 spiro atoms. The Morgan fingerprint density at radius 2 is 1.95 bits per heavy atom. The van der Waals surface area contributed by atoms with Crippen LogP contribution >= 0.6 is 11.6 Å². The maximum Gasteiger partial charge on any atom is 0.224 e.